The number of piperidine rings is 1. The summed E-state index contributed by atoms with van der Waals surface area (Å²) in [6.45, 7) is 34.7. The third-order valence-corrected chi connectivity index (χ3v) is 22.4. The van der Waals surface area contributed by atoms with Gasteiger partial charge in [0.05, 0.1) is 23.4 Å². The number of fused-ring (bicyclic) bond motifs is 6. The number of carbonyl (C=O) groups is 1. The molecule has 14 heterocycles. The number of likely N-dealkylation sites (N-methyl/N-ethyl adjacent to an activating group) is 3. The van der Waals surface area contributed by atoms with Gasteiger partial charge in [0, 0.05) is 162 Å². The Bertz CT molecular complexity index is 4620. The highest BCUT2D eigenvalue weighted by atomic mass is 79.9. The summed E-state index contributed by atoms with van der Waals surface area (Å²) in [7, 11) is 8.67. The molecule has 2 N–H and O–H groups in total. The fourth-order valence-electron chi connectivity index (χ4n) is 14.7. The van der Waals surface area contributed by atoms with Gasteiger partial charge in [0.15, 0.2) is 29.6 Å². The van der Waals surface area contributed by atoms with E-state index in [1.165, 1.54) is 74.3 Å². The molecule has 22 nitrogen and oxygen atoms in total. The molecule has 578 valence electrons. The number of halogens is 6. The van der Waals surface area contributed by atoms with E-state index >= 15 is 8.78 Å². The van der Waals surface area contributed by atoms with Crippen molar-refractivity contribution in [3.63, 3.8) is 0 Å². The number of imidazole rings is 2. The molecular weight excluding hydrogens is 1520 g/mol. The number of aromatic nitrogens is 12. The van der Waals surface area contributed by atoms with E-state index in [1.807, 2.05) is 32.0 Å². The Kier molecular flexibility index (Phi) is 26.1. The van der Waals surface area contributed by atoms with Crippen LogP contribution in [0.4, 0.5) is 41.1 Å². The Morgan fingerprint density at radius 1 is 0.431 bits per heavy atom. The molecule has 0 amide bonds. The van der Waals surface area contributed by atoms with Gasteiger partial charge in [-0.1, -0.05) is 24.6 Å². The molecule has 4 saturated heterocycles. The lowest BCUT2D eigenvalue weighted by molar-refractivity contribution is 0.112. The van der Waals surface area contributed by atoms with E-state index in [4.69, 9.17) is 0 Å². The highest BCUT2D eigenvalue weighted by Gasteiger charge is 2.35. The maximum atomic E-state index is 15.1. The number of aryl methyl sites for hydroxylation is 6. The number of carbonyl (C=O) groups excluding carboxylic acids is 1. The molecule has 0 aliphatic carbocycles. The van der Waals surface area contributed by atoms with Gasteiger partial charge in [0.25, 0.3) is 0 Å². The van der Waals surface area contributed by atoms with Gasteiger partial charge < -0.3 is 39.4 Å². The molecular formula is C81H101Br2F4N21O. The Hall–Kier alpha value is -8.19. The van der Waals surface area contributed by atoms with E-state index in [-0.39, 0.29) is 34.4 Å². The van der Waals surface area contributed by atoms with Crippen LogP contribution in [0.15, 0.2) is 94.4 Å². The average Bonchev–Trinajstić information content (AvgIpc) is 1.60. The quantitative estimate of drug-likeness (QED) is 0.0626. The zero-order valence-corrected chi connectivity index (χ0v) is 68.0. The molecule has 10 aromatic rings. The summed E-state index contributed by atoms with van der Waals surface area (Å²) in [5, 5.41) is 6.18. The minimum Gasteiger partial charge on any atom is -0.322 e. The van der Waals surface area contributed by atoms with Crippen molar-refractivity contribution in [3.8, 4) is 22.5 Å². The first kappa shape index (κ1) is 80.3. The summed E-state index contributed by atoms with van der Waals surface area (Å²) in [6.07, 6.45) is 10.7. The molecule has 0 bridgehead atoms. The topological polar surface area (TPSA) is 203 Å². The second-order valence-electron chi connectivity index (χ2n) is 30.8. The van der Waals surface area contributed by atoms with Crippen LogP contribution in [0, 0.1) is 51.0 Å². The van der Waals surface area contributed by atoms with Crippen molar-refractivity contribution in [1.82, 2.24) is 93.3 Å². The molecule has 16 rings (SSSR count). The lowest BCUT2D eigenvalue weighted by atomic mass is 10.0. The van der Waals surface area contributed by atoms with E-state index in [9.17, 15) is 13.6 Å². The van der Waals surface area contributed by atoms with Crippen LogP contribution >= 0.6 is 31.9 Å². The molecule has 2 aromatic carbocycles. The smallest absolute Gasteiger partial charge is 0.229 e. The molecule has 4 fully saturated rings. The highest BCUT2D eigenvalue weighted by molar-refractivity contribution is 9.10. The standard InChI is InChI=1S/2C28H32F2N8.C12H18BrN3.C7H6BrNO.C6H13N/c2*1-17-18(16-37-11-9-36(4)10-12-37)5-6-23(32-17)33-27-31-15-21(30)25(35-27)19-13-20(29)26-22(14-19)38-24(34-26)7-8-28(38,2)3;1-10-11(3-4-12(13)14-10)9-16-7-5-15(2)6-8-16;1-5-6(4-10)2-3-7(8)9-5;1-7-5-3-2-4-6-7/h2*5-6,13-15H,7-12,16H2,1-4H3,(H,31,32,33,35);3-4H,5-9H2,1-2H3;2-4H,1H3;2-6H2,1H3. The van der Waals surface area contributed by atoms with Crippen molar-refractivity contribution in [2.24, 2.45) is 0 Å². The molecule has 28 heteroatoms. The number of nitrogens with zero attached hydrogens (tertiary/aromatic N) is 19. The number of likely N-dealkylation sites (tertiary alicyclic amines) is 1. The van der Waals surface area contributed by atoms with Gasteiger partial charge in [-0.25, -0.2) is 67.4 Å². The van der Waals surface area contributed by atoms with Crippen LogP contribution in [-0.2, 0) is 43.6 Å². The molecule has 0 unspecified atom stereocenters. The van der Waals surface area contributed by atoms with Gasteiger partial charge in [-0.3, -0.25) is 19.5 Å². The largest absolute Gasteiger partial charge is 0.322 e. The minimum absolute atomic E-state index is 0.0260. The van der Waals surface area contributed by atoms with Crippen molar-refractivity contribution in [3.05, 3.63) is 174 Å². The summed E-state index contributed by atoms with van der Waals surface area (Å²) in [5.41, 5.74) is 10.3. The van der Waals surface area contributed by atoms with E-state index in [0.717, 1.165) is 173 Å². The van der Waals surface area contributed by atoms with Crippen LogP contribution in [-0.4, -0.2) is 219 Å². The SMILES string of the molecule is CN1CCCCC1.Cc1nc(Br)ccc1C=O.Cc1nc(Br)ccc1CN1CCN(C)CC1.Cc1nc(Nc2ncc(F)c(-c3cc(F)c4nc5n(c4c3)C(C)(C)CC5)n2)ccc1CN1CCN(C)CC1.Cc1nc(Nc2ncc(F)c(-c3cc(F)c4nc5n(c4c3)C(C)(C)CC5)n2)ccc1CN1CCN(C)CC1. The van der Waals surface area contributed by atoms with Crippen molar-refractivity contribution in [1.29, 1.82) is 0 Å². The molecule has 0 atom stereocenters. The number of hydrogen-bond acceptors (Lipinski definition) is 20. The van der Waals surface area contributed by atoms with Crippen LogP contribution in [0.5, 0.6) is 0 Å². The first-order valence-corrected chi connectivity index (χ1v) is 39.3. The predicted octanol–water partition coefficient (Wildman–Crippen LogP) is 14.3. The number of rotatable bonds is 13. The Morgan fingerprint density at radius 2 is 0.798 bits per heavy atom. The minimum atomic E-state index is -0.624. The van der Waals surface area contributed by atoms with Gasteiger partial charge in [0.2, 0.25) is 11.9 Å². The van der Waals surface area contributed by atoms with Gasteiger partial charge in [-0.15, -0.1) is 0 Å². The fourth-order valence-corrected chi connectivity index (χ4v) is 15.5. The van der Waals surface area contributed by atoms with Crippen LogP contribution < -0.4 is 10.6 Å². The van der Waals surface area contributed by atoms with E-state index in [0.29, 0.717) is 50.4 Å². The number of nitrogens with one attached hydrogen (secondary N) is 2. The first-order chi connectivity index (χ1) is 52.1. The average molecular weight is 1620 g/mol. The third kappa shape index (κ3) is 20.1. The van der Waals surface area contributed by atoms with Crippen LogP contribution in [0.3, 0.4) is 0 Å². The molecule has 109 heavy (non-hydrogen) atoms. The number of pyridine rings is 4. The number of hydrogen-bond donors (Lipinski definition) is 2. The van der Waals surface area contributed by atoms with Gasteiger partial charge in [-0.05, 0) is 226 Å². The van der Waals surface area contributed by atoms with Crippen LogP contribution in [0.25, 0.3) is 44.6 Å². The zero-order chi connectivity index (χ0) is 77.4. The molecule has 6 aliphatic heterocycles. The van der Waals surface area contributed by atoms with Crippen molar-refractivity contribution >= 4 is 83.7 Å². The van der Waals surface area contributed by atoms with Gasteiger partial charge in [0.1, 0.15) is 54.9 Å². The highest BCUT2D eigenvalue weighted by Crippen LogP contribution is 2.40. The lowest BCUT2D eigenvalue weighted by Crippen LogP contribution is -2.44. The van der Waals surface area contributed by atoms with E-state index < -0.39 is 23.3 Å². The van der Waals surface area contributed by atoms with Crippen LogP contribution in [0.1, 0.15) is 121 Å². The monoisotopic (exact) mass is 1620 g/mol. The molecule has 6 aliphatic rings. The zero-order valence-electron chi connectivity index (χ0n) is 64.8. The first-order valence-electron chi connectivity index (χ1n) is 37.7. The van der Waals surface area contributed by atoms with E-state index in [1.54, 1.807) is 31.2 Å². The predicted molar refractivity (Wildman–Crippen MR) is 430 cm³/mol. The lowest BCUT2D eigenvalue weighted by Gasteiger charge is -2.32. The fraction of sp³-hybridized carbons (Fsp3) is 0.469. The molecule has 8 aromatic heterocycles. The Labute approximate surface area is 653 Å². The van der Waals surface area contributed by atoms with Crippen molar-refractivity contribution in [2.75, 3.05) is 130 Å². The number of aldehydes is 1. The van der Waals surface area contributed by atoms with Crippen LogP contribution in [0.2, 0.25) is 0 Å². The molecule has 0 radical (unpaired) electrons. The van der Waals surface area contributed by atoms with Crippen molar-refractivity contribution in [2.45, 2.75) is 131 Å². The van der Waals surface area contributed by atoms with Gasteiger partial charge in [-0.2, -0.15) is 0 Å². The second kappa shape index (κ2) is 35.4. The second-order valence-corrected chi connectivity index (χ2v) is 32.4. The molecule has 0 spiro atoms. The third-order valence-electron chi connectivity index (χ3n) is 21.5. The van der Waals surface area contributed by atoms with E-state index in [2.05, 4.69) is 217 Å². The van der Waals surface area contributed by atoms with Crippen molar-refractivity contribution < 1.29 is 22.4 Å². The maximum absolute atomic E-state index is 15.1. The summed E-state index contributed by atoms with van der Waals surface area (Å²) < 4.78 is 65.9. The summed E-state index contributed by atoms with van der Waals surface area (Å²) in [4.78, 5) is 71.0. The summed E-state index contributed by atoms with van der Waals surface area (Å²) >= 11 is 6.60. The normalized spacial score (nSPS) is 17.6. The summed E-state index contributed by atoms with van der Waals surface area (Å²) in [6, 6.07) is 21.7. The van der Waals surface area contributed by atoms with Gasteiger partial charge >= 0.3 is 0 Å². The number of anilines is 4. The molecule has 0 saturated carbocycles. The number of benzene rings is 2. The maximum Gasteiger partial charge on any atom is 0.229 e. The summed E-state index contributed by atoms with van der Waals surface area (Å²) in [5.74, 6) is 1.00. The number of piperazine rings is 3. The Balaban J connectivity index is 0.000000144. The Morgan fingerprint density at radius 3 is 1.16 bits per heavy atom.